The Morgan fingerprint density at radius 1 is 1.39 bits per heavy atom. The van der Waals surface area contributed by atoms with E-state index >= 15 is 0 Å². The molecule has 2 aromatic heterocycles. The third kappa shape index (κ3) is 4.05. The highest BCUT2D eigenvalue weighted by Crippen LogP contribution is 2.18. The number of piperidine rings is 1. The number of pyridine rings is 1. The van der Waals surface area contributed by atoms with Crippen molar-refractivity contribution in [2.75, 3.05) is 24.5 Å². The van der Waals surface area contributed by atoms with Crippen molar-refractivity contribution in [3.05, 3.63) is 40.5 Å². The van der Waals surface area contributed by atoms with Gasteiger partial charge in [-0.05, 0) is 31.5 Å². The Balaban J connectivity index is 1.51. The van der Waals surface area contributed by atoms with Crippen LogP contribution in [-0.2, 0) is 6.42 Å². The van der Waals surface area contributed by atoms with E-state index in [2.05, 4.69) is 20.2 Å². The fraction of sp³-hybridized carbons (Fsp3) is 0.438. The molecule has 3 heterocycles. The topological polar surface area (TPSA) is 84.1 Å². The fourth-order valence-corrected chi connectivity index (χ4v) is 3.50. The van der Waals surface area contributed by atoms with Crippen LogP contribution >= 0.6 is 11.3 Å². The summed E-state index contributed by atoms with van der Waals surface area (Å²) in [4.78, 5) is 23.2. The standard InChI is InChI=1S/C16H21N5OS/c17-7-4-15-20-13(11-23-15)16(22)19-12-5-9-21(10-6-12)14-3-1-2-8-18-14/h1-3,8,11-12H,4-7,9-10,17H2,(H,19,22). The van der Waals surface area contributed by atoms with E-state index in [0.717, 1.165) is 43.2 Å². The SMILES string of the molecule is NCCc1nc(C(=O)NC2CCN(c3ccccn3)CC2)cs1. The normalized spacial score (nSPS) is 15.6. The molecule has 1 fully saturated rings. The molecule has 122 valence electrons. The maximum atomic E-state index is 12.3. The molecule has 1 saturated heterocycles. The molecule has 1 amide bonds. The molecule has 23 heavy (non-hydrogen) atoms. The van der Waals surface area contributed by atoms with E-state index in [-0.39, 0.29) is 11.9 Å². The van der Waals surface area contributed by atoms with Crippen molar-refractivity contribution in [1.82, 2.24) is 15.3 Å². The summed E-state index contributed by atoms with van der Waals surface area (Å²) >= 11 is 1.49. The van der Waals surface area contributed by atoms with Gasteiger partial charge in [0.1, 0.15) is 11.5 Å². The van der Waals surface area contributed by atoms with Crippen LogP contribution in [0.15, 0.2) is 29.8 Å². The summed E-state index contributed by atoms with van der Waals surface area (Å²) in [7, 11) is 0. The average Bonchev–Trinajstić information content (AvgIpc) is 3.06. The predicted octanol–water partition coefficient (Wildman–Crippen LogP) is 1.44. The van der Waals surface area contributed by atoms with Crippen LogP contribution in [0.5, 0.6) is 0 Å². The van der Waals surface area contributed by atoms with Gasteiger partial charge in [-0.3, -0.25) is 4.79 Å². The number of carbonyl (C=O) groups excluding carboxylic acids is 1. The van der Waals surface area contributed by atoms with Gasteiger partial charge in [0.2, 0.25) is 0 Å². The van der Waals surface area contributed by atoms with Gasteiger partial charge in [0.25, 0.3) is 5.91 Å². The van der Waals surface area contributed by atoms with Crippen LogP contribution in [0, 0.1) is 0 Å². The number of thiazole rings is 1. The molecule has 6 nitrogen and oxygen atoms in total. The Hall–Kier alpha value is -1.99. The van der Waals surface area contributed by atoms with E-state index in [1.807, 2.05) is 29.8 Å². The molecule has 0 bridgehead atoms. The Bertz CT molecular complexity index is 637. The molecule has 1 aliphatic heterocycles. The fourth-order valence-electron chi connectivity index (χ4n) is 2.71. The molecule has 7 heteroatoms. The Morgan fingerprint density at radius 3 is 2.91 bits per heavy atom. The van der Waals surface area contributed by atoms with E-state index in [9.17, 15) is 4.79 Å². The second-order valence-corrected chi connectivity index (χ2v) is 6.53. The van der Waals surface area contributed by atoms with Crippen LogP contribution in [0.25, 0.3) is 0 Å². The largest absolute Gasteiger partial charge is 0.356 e. The molecule has 0 radical (unpaired) electrons. The smallest absolute Gasteiger partial charge is 0.270 e. The van der Waals surface area contributed by atoms with Crippen LogP contribution in [0.1, 0.15) is 28.3 Å². The first-order valence-corrected chi connectivity index (χ1v) is 8.75. The summed E-state index contributed by atoms with van der Waals surface area (Å²) in [5.41, 5.74) is 6.02. The van der Waals surface area contributed by atoms with Gasteiger partial charge in [0.05, 0.1) is 5.01 Å². The summed E-state index contributed by atoms with van der Waals surface area (Å²) < 4.78 is 0. The average molecular weight is 331 g/mol. The highest BCUT2D eigenvalue weighted by atomic mass is 32.1. The number of carbonyl (C=O) groups is 1. The zero-order valence-electron chi connectivity index (χ0n) is 12.9. The number of nitrogens with one attached hydrogen (secondary N) is 1. The second kappa shape index (κ2) is 7.52. The number of hydrogen-bond acceptors (Lipinski definition) is 6. The van der Waals surface area contributed by atoms with Crippen LogP contribution in [0.2, 0.25) is 0 Å². The summed E-state index contributed by atoms with van der Waals surface area (Å²) in [6.45, 7) is 2.36. The lowest BCUT2D eigenvalue weighted by Crippen LogP contribution is -2.45. The van der Waals surface area contributed by atoms with Gasteiger partial charge >= 0.3 is 0 Å². The van der Waals surface area contributed by atoms with Crippen LogP contribution < -0.4 is 16.0 Å². The van der Waals surface area contributed by atoms with Crippen molar-refractivity contribution >= 4 is 23.1 Å². The molecule has 2 aromatic rings. The quantitative estimate of drug-likeness (QED) is 0.866. The van der Waals surface area contributed by atoms with Gasteiger partial charge in [-0.1, -0.05) is 6.07 Å². The maximum absolute atomic E-state index is 12.3. The molecule has 0 saturated carbocycles. The lowest BCUT2D eigenvalue weighted by molar-refractivity contribution is 0.0926. The molecule has 1 aliphatic rings. The predicted molar refractivity (Wildman–Crippen MR) is 91.8 cm³/mol. The minimum atomic E-state index is -0.0826. The van der Waals surface area contributed by atoms with Crippen LogP contribution in [0.4, 0.5) is 5.82 Å². The molecule has 3 N–H and O–H groups in total. The summed E-state index contributed by atoms with van der Waals surface area (Å²) in [6.07, 6.45) is 4.37. The number of anilines is 1. The number of rotatable bonds is 5. The third-order valence-corrected chi connectivity index (χ3v) is 4.85. The first-order chi connectivity index (χ1) is 11.3. The summed E-state index contributed by atoms with van der Waals surface area (Å²) in [5.74, 6) is 0.920. The van der Waals surface area contributed by atoms with Gasteiger partial charge in [-0.15, -0.1) is 11.3 Å². The van der Waals surface area contributed by atoms with Gasteiger partial charge in [0.15, 0.2) is 0 Å². The minimum absolute atomic E-state index is 0.0826. The molecule has 0 aliphatic carbocycles. The minimum Gasteiger partial charge on any atom is -0.356 e. The van der Waals surface area contributed by atoms with Crippen LogP contribution in [-0.4, -0.2) is 41.6 Å². The molecule has 0 unspecified atom stereocenters. The summed E-state index contributed by atoms with van der Waals surface area (Å²) in [6, 6.07) is 6.13. The van der Waals surface area contributed by atoms with E-state index in [1.54, 1.807) is 0 Å². The zero-order valence-corrected chi connectivity index (χ0v) is 13.8. The molecular formula is C16H21N5OS. The molecule has 3 rings (SSSR count). The van der Waals surface area contributed by atoms with Crippen molar-refractivity contribution in [2.24, 2.45) is 5.73 Å². The van der Waals surface area contributed by atoms with E-state index in [4.69, 9.17) is 5.73 Å². The summed E-state index contributed by atoms with van der Waals surface area (Å²) in [5, 5.41) is 5.82. The van der Waals surface area contributed by atoms with Gasteiger partial charge in [0, 0.05) is 37.1 Å². The first kappa shape index (κ1) is 15.9. The number of amides is 1. The highest BCUT2D eigenvalue weighted by molar-refractivity contribution is 7.09. The van der Waals surface area contributed by atoms with E-state index < -0.39 is 0 Å². The number of aromatic nitrogens is 2. The lowest BCUT2D eigenvalue weighted by atomic mass is 10.0. The van der Waals surface area contributed by atoms with Crippen LogP contribution in [0.3, 0.4) is 0 Å². The Kier molecular flexibility index (Phi) is 5.19. The van der Waals surface area contributed by atoms with Crippen molar-refractivity contribution in [3.8, 4) is 0 Å². The number of nitrogens with zero attached hydrogens (tertiary/aromatic N) is 3. The molecule has 0 aromatic carbocycles. The first-order valence-electron chi connectivity index (χ1n) is 7.87. The maximum Gasteiger partial charge on any atom is 0.270 e. The second-order valence-electron chi connectivity index (χ2n) is 5.59. The van der Waals surface area contributed by atoms with Crippen molar-refractivity contribution in [1.29, 1.82) is 0 Å². The Morgan fingerprint density at radius 2 is 2.22 bits per heavy atom. The zero-order chi connectivity index (χ0) is 16.1. The Labute approximate surface area is 139 Å². The number of hydrogen-bond donors (Lipinski definition) is 2. The molecule has 0 atom stereocenters. The van der Waals surface area contributed by atoms with Gasteiger partial charge < -0.3 is 16.0 Å². The molecule has 0 spiro atoms. The third-order valence-electron chi connectivity index (χ3n) is 3.95. The van der Waals surface area contributed by atoms with E-state index in [1.165, 1.54) is 11.3 Å². The van der Waals surface area contributed by atoms with Gasteiger partial charge in [-0.2, -0.15) is 0 Å². The monoisotopic (exact) mass is 331 g/mol. The van der Waals surface area contributed by atoms with Gasteiger partial charge in [-0.25, -0.2) is 9.97 Å². The lowest BCUT2D eigenvalue weighted by Gasteiger charge is -2.33. The van der Waals surface area contributed by atoms with E-state index in [0.29, 0.717) is 12.2 Å². The molecular weight excluding hydrogens is 310 g/mol. The van der Waals surface area contributed by atoms with Crippen molar-refractivity contribution < 1.29 is 4.79 Å². The van der Waals surface area contributed by atoms with Crippen molar-refractivity contribution in [3.63, 3.8) is 0 Å². The highest BCUT2D eigenvalue weighted by Gasteiger charge is 2.22. The number of nitrogens with two attached hydrogens (primary N) is 1. The van der Waals surface area contributed by atoms with Crippen molar-refractivity contribution in [2.45, 2.75) is 25.3 Å².